The van der Waals surface area contributed by atoms with Gasteiger partial charge in [0.15, 0.2) is 0 Å². The van der Waals surface area contributed by atoms with Crippen LogP contribution < -0.4 is 15.8 Å². The lowest BCUT2D eigenvalue weighted by Crippen LogP contribution is -2.21. The van der Waals surface area contributed by atoms with E-state index in [9.17, 15) is 4.79 Å². The Morgan fingerprint density at radius 1 is 1.10 bits per heavy atom. The summed E-state index contributed by atoms with van der Waals surface area (Å²) < 4.78 is 5.89. The van der Waals surface area contributed by atoms with Crippen molar-refractivity contribution < 1.29 is 9.53 Å². The summed E-state index contributed by atoms with van der Waals surface area (Å²) in [7, 11) is 0. The Morgan fingerprint density at radius 3 is 2.25 bits per heavy atom. The summed E-state index contributed by atoms with van der Waals surface area (Å²) in [5, 5.41) is 2.69. The number of hydrogen-bond donors (Lipinski definition) is 2. The largest absolute Gasteiger partial charge is 0.457 e. The highest BCUT2D eigenvalue weighted by Crippen LogP contribution is 2.29. The van der Waals surface area contributed by atoms with Gasteiger partial charge in [-0.05, 0) is 49.2 Å². The molecule has 4 nitrogen and oxygen atoms in total. The van der Waals surface area contributed by atoms with Gasteiger partial charge in [0.1, 0.15) is 11.5 Å². The minimum Gasteiger partial charge on any atom is -0.457 e. The number of para-hydroxylation sites is 1. The van der Waals surface area contributed by atoms with Crippen LogP contribution in [0.15, 0.2) is 42.5 Å². The van der Waals surface area contributed by atoms with Gasteiger partial charge in [-0.2, -0.15) is 0 Å². The topological polar surface area (TPSA) is 64.3 Å². The van der Waals surface area contributed by atoms with Crippen LogP contribution in [0.3, 0.4) is 0 Å². The molecule has 0 aliphatic carbocycles. The number of hydrogen-bond acceptors (Lipinski definition) is 3. The number of nitrogens with one attached hydrogen (secondary N) is 1. The average molecular weight is 270 g/mol. The Labute approximate surface area is 118 Å². The molecular formula is C16H18N2O2. The standard InChI is InChI=1S/C16H18N2O2/c1-11-4-3-5-12(2)16(11)20-14-8-6-13(7-9-14)18-15(19)10-17/h3-9H,10,17H2,1-2H3,(H,18,19). The summed E-state index contributed by atoms with van der Waals surface area (Å²) >= 11 is 0. The fourth-order valence-corrected chi connectivity index (χ4v) is 1.90. The van der Waals surface area contributed by atoms with E-state index in [1.54, 1.807) is 12.1 Å². The molecule has 1 amide bonds. The fraction of sp³-hybridized carbons (Fsp3) is 0.188. The number of amides is 1. The summed E-state index contributed by atoms with van der Waals surface area (Å²) in [6, 6.07) is 13.2. The highest BCUT2D eigenvalue weighted by atomic mass is 16.5. The Morgan fingerprint density at radius 2 is 1.70 bits per heavy atom. The lowest BCUT2D eigenvalue weighted by atomic mass is 10.1. The van der Waals surface area contributed by atoms with Gasteiger partial charge in [0.25, 0.3) is 0 Å². The number of rotatable bonds is 4. The van der Waals surface area contributed by atoms with Crippen LogP contribution in [0.4, 0.5) is 5.69 Å². The van der Waals surface area contributed by atoms with Crippen LogP contribution >= 0.6 is 0 Å². The second kappa shape index (κ2) is 6.21. The van der Waals surface area contributed by atoms with Crippen LogP contribution in [-0.4, -0.2) is 12.5 Å². The lowest BCUT2D eigenvalue weighted by molar-refractivity contribution is -0.114. The number of aryl methyl sites for hydroxylation is 2. The van der Waals surface area contributed by atoms with Crippen molar-refractivity contribution in [3.8, 4) is 11.5 Å². The van der Waals surface area contributed by atoms with Gasteiger partial charge >= 0.3 is 0 Å². The Hall–Kier alpha value is -2.33. The third-order valence-electron chi connectivity index (χ3n) is 2.95. The molecule has 104 valence electrons. The minimum atomic E-state index is -0.214. The number of benzene rings is 2. The molecule has 3 N–H and O–H groups in total. The SMILES string of the molecule is Cc1cccc(C)c1Oc1ccc(NC(=O)CN)cc1. The molecule has 0 saturated carbocycles. The lowest BCUT2D eigenvalue weighted by Gasteiger charge is -2.12. The van der Waals surface area contributed by atoms with Gasteiger partial charge in [-0.3, -0.25) is 4.79 Å². The zero-order chi connectivity index (χ0) is 14.5. The van der Waals surface area contributed by atoms with Gasteiger partial charge in [-0.1, -0.05) is 18.2 Å². The third kappa shape index (κ3) is 3.36. The molecule has 2 aromatic carbocycles. The summed E-state index contributed by atoms with van der Waals surface area (Å²) in [6.07, 6.45) is 0. The first-order valence-corrected chi connectivity index (χ1v) is 6.44. The van der Waals surface area contributed by atoms with Crippen molar-refractivity contribution in [3.05, 3.63) is 53.6 Å². The van der Waals surface area contributed by atoms with Gasteiger partial charge in [0.2, 0.25) is 5.91 Å². The predicted octanol–water partition coefficient (Wildman–Crippen LogP) is 2.99. The van der Waals surface area contributed by atoms with Crippen molar-refractivity contribution >= 4 is 11.6 Å². The average Bonchev–Trinajstić information content (AvgIpc) is 2.44. The number of nitrogens with two attached hydrogens (primary N) is 1. The molecule has 0 aliphatic heterocycles. The number of ether oxygens (including phenoxy) is 1. The van der Waals surface area contributed by atoms with E-state index >= 15 is 0 Å². The van der Waals surface area contributed by atoms with Crippen molar-refractivity contribution in [2.75, 3.05) is 11.9 Å². The fourth-order valence-electron chi connectivity index (χ4n) is 1.90. The molecule has 2 aromatic rings. The highest BCUT2D eigenvalue weighted by Gasteiger charge is 2.05. The molecule has 0 fully saturated rings. The minimum absolute atomic E-state index is 0.0271. The predicted molar refractivity (Wildman–Crippen MR) is 80.1 cm³/mol. The number of anilines is 1. The van der Waals surface area contributed by atoms with Crippen LogP contribution in [0.5, 0.6) is 11.5 Å². The Kier molecular flexibility index (Phi) is 4.38. The van der Waals surface area contributed by atoms with E-state index in [1.165, 1.54) is 0 Å². The van der Waals surface area contributed by atoms with Gasteiger partial charge < -0.3 is 15.8 Å². The summed E-state index contributed by atoms with van der Waals surface area (Å²) in [4.78, 5) is 11.2. The molecule has 0 atom stereocenters. The summed E-state index contributed by atoms with van der Waals surface area (Å²) in [5.74, 6) is 1.38. The first-order chi connectivity index (χ1) is 9.60. The Balaban J connectivity index is 2.13. The molecule has 20 heavy (non-hydrogen) atoms. The van der Waals surface area contributed by atoms with Gasteiger partial charge in [0, 0.05) is 5.69 Å². The molecule has 0 heterocycles. The zero-order valence-electron chi connectivity index (χ0n) is 11.6. The van der Waals surface area contributed by atoms with E-state index in [0.717, 1.165) is 22.6 Å². The molecule has 4 heteroatoms. The summed E-state index contributed by atoms with van der Waals surface area (Å²) in [6.45, 7) is 4.00. The summed E-state index contributed by atoms with van der Waals surface area (Å²) in [5.41, 5.74) is 8.13. The smallest absolute Gasteiger partial charge is 0.238 e. The Bertz CT molecular complexity index is 586. The molecule has 2 rings (SSSR count). The molecular weight excluding hydrogens is 252 g/mol. The monoisotopic (exact) mass is 270 g/mol. The first kappa shape index (κ1) is 14.1. The van der Waals surface area contributed by atoms with Crippen LogP contribution in [0.2, 0.25) is 0 Å². The van der Waals surface area contributed by atoms with Crippen molar-refractivity contribution in [2.24, 2.45) is 5.73 Å². The van der Waals surface area contributed by atoms with Crippen molar-refractivity contribution in [1.82, 2.24) is 0 Å². The maximum Gasteiger partial charge on any atom is 0.238 e. The molecule has 0 aliphatic rings. The molecule has 0 radical (unpaired) electrons. The van der Waals surface area contributed by atoms with E-state index < -0.39 is 0 Å². The quantitative estimate of drug-likeness (QED) is 0.897. The zero-order valence-corrected chi connectivity index (χ0v) is 11.6. The van der Waals surface area contributed by atoms with Gasteiger partial charge in [-0.15, -0.1) is 0 Å². The normalized spacial score (nSPS) is 10.2. The highest BCUT2D eigenvalue weighted by molar-refractivity contribution is 5.92. The molecule has 0 spiro atoms. The van der Waals surface area contributed by atoms with Crippen LogP contribution in [0.1, 0.15) is 11.1 Å². The number of carbonyl (C=O) groups is 1. The molecule has 0 unspecified atom stereocenters. The third-order valence-corrected chi connectivity index (χ3v) is 2.95. The van der Waals surface area contributed by atoms with Crippen molar-refractivity contribution in [1.29, 1.82) is 0 Å². The van der Waals surface area contributed by atoms with Crippen LogP contribution in [0, 0.1) is 13.8 Å². The van der Waals surface area contributed by atoms with Crippen molar-refractivity contribution in [3.63, 3.8) is 0 Å². The van der Waals surface area contributed by atoms with E-state index in [2.05, 4.69) is 5.32 Å². The first-order valence-electron chi connectivity index (χ1n) is 6.44. The molecule has 0 bridgehead atoms. The number of carbonyl (C=O) groups excluding carboxylic acids is 1. The van der Waals surface area contributed by atoms with Gasteiger partial charge in [-0.25, -0.2) is 0 Å². The maximum atomic E-state index is 11.2. The van der Waals surface area contributed by atoms with E-state index in [4.69, 9.17) is 10.5 Å². The van der Waals surface area contributed by atoms with Crippen LogP contribution in [0.25, 0.3) is 0 Å². The van der Waals surface area contributed by atoms with E-state index in [1.807, 2.05) is 44.2 Å². The molecule has 0 saturated heterocycles. The van der Waals surface area contributed by atoms with Gasteiger partial charge in [0.05, 0.1) is 6.54 Å². The van der Waals surface area contributed by atoms with E-state index in [0.29, 0.717) is 5.69 Å². The molecule has 0 aromatic heterocycles. The van der Waals surface area contributed by atoms with Crippen molar-refractivity contribution in [2.45, 2.75) is 13.8 Å². The second-order valence-corrected chi connectivity index (χ2v) is 4.60. The second-order valence-electron chi connectivity index (χ2n) is 4.60. The maximum absolute atomic E-state index is 11.2. The van der Waals surface area contributed by atoms with E-state index in [-0.39, 0.29) is 12.5 Å². The van der Waals surface area contributed by atoms with Crippen LogP contribution in [-0.2, 0) is 4.79 Å².